The molecule has 0 aliphatic rings. The van der Waals surface area contributed by atoms with Crippen molar-refractivity contribution in [1.82, 2.24) is 14.9 Å². The number of nitrogens with two attached hydrogens (primary N) is 1. The predicted octanol–water partition coefficient (Wildman–Crippen LogP) is 0.312. The Morgan fingerprint density at radius 2 is 2.21 bits per heavy atom. The Hall–Kier alpha value is -2.00. The number of hydrogen-bond donors (Lipinski definition) is 2. The van der Waals surface area contributed by atoms with Crippen LogP contribution in [0.25, 0.3) is 0 Å². The molecule has 0 amide bonds. The van der Waals surface area contributed by atoms with Gasteiger partial charge in [-0.3, -0.25) is 0 Å². The van der Waals surface area contributed by atoms with Crippen LogP contribution in [-0.2, 0) is 16.4 Å². The molecule has 0 bridgehead atoms. The smallest absolute Gasteiger partial charge is 0.243 e. The zero-order valence-corrected chi connectivity index (χ0v) is 10.5. The summed E-state index contributed by atoms with van der Waals surface area (Å²) in [6.45, 7) is 0.0127. The molecule has 1 aromatic heterocycles. The van der Waals surface area contributed by atoms with E-state index in [0.29, 0.717) is 0 Å². The fourth-order valence-electron chi connectivity index (χ4n) is 1.40. The van der Waals surface area contributed by atoms with Gasteiger partial charge in [0, 0.05) is 18.7 Å². The van der Waals surface area contributed by atoms with Gasteiger partial charge in [0.15, 0.2) is 6.33 Å². The summed E-state index contributed by atoms with van der Waals surface area (Å²) in [5.74, 6) is -0.574. The zero-order chi connectivity index (χ0) is 13.9. The third-order valence-corrected chi connectivity index (χ3v) is 3.76. The molecular formula is C10H11FN4O3S. The fourth-order valence-corrected chi connectivity index (χ4v) is 2.54. The molecule has 0 fully saturated rings. The number of aromatic nitrogens is 2. The molecule has 9 heteroatoms. The quantitative estimate of drug-likeness (QED) is 0.765. The Kier molecular flexibility index (Phi) is 3.76. The van der Waals surface area contributed by atoms with Crippen LogP contribution in [0.5, 0.6) is 0 Å². The number of anilines is 1. The Labute approximate surface area is 108 Å². The number of nitrogens with zero attached hydrogens (tertiary/aromatic N) is 2. The van der Waals surface area contributed by atoms with Gasteiger partial charge in [-0.1, -0.05) is 5.16 Å². The van der Waals surface area contributed by atoms with Gasteiger partial charge in [0.1, 0.15) is 10.7 Å². The van der Waals surface area contributed by atoms with Crippen LogP contribution in [0.15, 0.2) is 33.9 Å². The molecule has 0 unspecified atom stereocenters. The van der Waals surface area contributed by atoms with Crippen LogP contribution < -0.4 is 10.5 Å². The molecule has 0 saturated carbocycles. The normalized spacial score (nSPS) is 11.6. The Bertz CT molecular complexity index is 657. The summed E-state index contributed by atoms with van der Waals surface area (Å²) < 4.78 is 44.1. The van der Waals surface area contributed by atoms with E-state index >= 15 is 0 Å². The number of rotatable bonds is 5. The van der Waals surface area contributed by atoms with E-state index in [0.717, 1.165) is 12.1 Å². The summed E-state index contributed by atoms with van der Waals surface area (Å²) in [5.41, 5.74) is 5.60. The lowest BCUT2D eigenvalue weighted by Crippen LogP contribution is -2.27. The van der Waals surface area contributed by atoms with Crippen LogP contribution in [0.3, 0.4) is 0 Å². The summed E-state index contributed by atoms with van der Waals surface area (Å²) in [6, 6.07) is 3.35. The predicted molar refractivity (Wildman–Crippen MR) is 64.0 cm³/mol. The fraction of sp³-hybridized carbons (Fsp3) is 0.200. The molecule has 0 radical (unpaired) electrons. The summed E-state index contributed by atoms with van der Waals surface area (Å²) in [7, 11) is -3.96. The Balaban J connectivity index is 2.07. The molecule has 7 nitrogen and oxygen atoms in total. The third-order valence-electron chi connectivity index (χ3n) is 2.28. The minimum Gasteiger partial charge on any atom is -0.399 e. The molecule has 1 aromatic carbocycles. The molecule has 0 aliphatic heterocycles. The first-order chi connectivity index (χ1) is 8.99. The number of sulfonamides is 1. The maximum Gasteiger partial charge on any atom is 0.243 e. The molecule has 3 N–H and O–H groups in total. The first kappa shape index (κ1) is 13.4. The molecule has 0 aliphatic carbocycles. The average Bonchev–Trinajstić information content (AvgIpc) is 2.85. The van der Waals surface area contributed by atoms with Crippen molar-refractivity contribution in [3.63, 3.8) is 0 Å². The zero-order valence-electron chi connectivity index (χ0n) is 9.71. The molecule has 19 heavy (non-hydrogen) atoms. The van der Waals surface area contributed by atoms with Crippen LogP contribution in [0.4, 0.5) is 10.1 Å². The lowest BCUT2D eigenvalue weighted by atomic mass is 10.3. The van der Waals surface area contributed by atoms with E-state index in [1.165, 1.54) is 12.4 Å². The van der Waals surface area contributed by atoms with Crippen molar-refractivity contribution in [3.8, 4) is 0 Å². The number of nitrogens with one attached hydrogen (secondary N) is 1. The number of halogens is 1. The molecule has 0 spiro atoms. The highest BCUT2D eigenvalue weighted by molar-refractivity contribution is 7.89. The van der Waals surface area contributed by atoms with E-state index in [1.807, 2.05) is 0 Å². The van der Waals surface area contributed by atoms with Crippen molar-refractivity contribution in [2.45, 2.75) is 11.3 Å². The lowest BCUT2D eigenvalue weighted by molar-refractivity contribution is 0.377. The topological polar surface area (TPSA) is 111 Å². The lowest BCUT2D eigenvalue weighted by Gasteiger charge is -2.07. The van der Waals surface area contributed by atoms with Gasteiger partial charge in [0.2, 0.25) is 15.9 Å². The van der Waals surface area contributed by atoms with Crippen LogP contribution in [0.2, 0.25) is 0 Å². The molecule has 1 heterocycles. The second-order valence-electron chi connectivity index (χ2n) is 3.67. The standard InChI is InChI=1S/C10H11FN4O3S/c11-8-2-1-7(12)5-9(8)19(16,17)15-4-3-10-13-6-14-18-10/h1-2,5-6,15H,3-4,12H2. The van der Waals surface area contributed by atoms with Crippen LogP contribution in [0.1, 0.15) is 5.89 Å². The summed E-state index contributed by atoms with van der Waals surface area (Å²) in [5, 5.41) is 3.38. The maximum absolute atomic E-state index is 13.5. The first-order valence-electron chi connectivity index (χ1n) is 5.29. The van der Waals surface area contributed by atoms with Crippen molar-refractivity contribution in [3.05, 3.63) is 36.2 Å². The van der Waals surface area contributed by atoms with Gasteiger partial charge in [-0.25, -0.2) is 17.5 Å². The second kappa shape index (κ2) is 5.33. The SMILES string of the molecule is Nc1ccc(F)c(S(=O)(=O)NCCc2ncno2)c1. The van der Waals surface area contributed by atoms with Crippen LogP contribution in [0, 0.1) is 5.82 Å². The van der Waals surface area contributed by atoms with Gasteiger partial charge in [0.05, 0.1) is 0 Å². The van der Waals surface area contributed by atoms with Gasteiger partial charge >= 0.3 is 0 Å². The summed E-state index contributed by atoms with van der Waals surface area (Å²) in [4.78, 5) is 3.25. The van der Waals surface area contributed by atoms with E-state index in [1.54, 1.807) is 0 Å². The van der Waals surface area contributed by atoms with Crippen LogP contribution in [-0.4, -0.2) is 25.1 Å². The number of nitrogen functional groups attached to an aromatic ring is 1. The molecular weight excluding hydrogens is 275 g/mol. The number of benzene rings is 1. The second-order valence-corrected chi connectivity index (χ2v) is 5.41. The van der Waals surface area contributed by atoms with Crippen LogP contribution >= 0.6 is 0 Å². The van der Waals surface area contributed by atoms with Gasteiger partial charge in [-0.2, -0.15) is 4.98 Å². The minimum atomic E-state index is -3.96. The van der Waals surface area contributed by atoms with Crippen molar-refractivity contribution < 1.29 is 17.3 Å². The van der Waals surface area contributed by atoms with Gasteiger partial charge in [0.25, 0.3) is 0 Å². The highest BCUT2D eigenvalue weighted by Crippen LogP contribution is 2.17. The highest BCUT2D eigenvalue weighted by Gasteiger charge is 2.19. The molecule has 102 valence electrons. The van der Waals surface area contributed by atoms with Gasteiger partial charge < -0.3 is 10.3 Å². The molecule has 0 atom stereocenters. The monoisotopic (exact) mass is 286 g/mol. The largest absolute Gasteiger partial charge is 0.399 e. The average molecular weight is 286 g/mol. The molecule has 2 aromatic rings. The van der Waals surface area contributed by atoms with Crippen molar-refractivity contribution in [2.75, 3.05) is 12.3 Å². The van der Waals surface area contributed by atoms with Crippen molar-refractivity contribution in [2.24, 2.45) is 0 Å². The van der Waals surface area contributed by atoms with E-state index in [-0.39, 0.29) is 24.5 Å². The molecule has 2 rings (SSSR count). The Morgan fingerprint density at radius 3 is 2.89 bits per heavy atom. The van der Waals surface area contributed by atoms with E-state index in [2.05, 4.69) is 14.9 Å². The van der Waals surface area contributed by atoms with Crippen molar-refractivity contribution in [1.29, 1.82) is 0 Å². The van der Waals surface area contributed by atoms with Gasteiger partial charge in [-0.15, -0.1) is 0 Å². The summed E-state index contributed by atoms with van der Waals surface area (Å²) >= 11 is 0. The highest BCUT2D eigenvalue weighted by atomic mass is 32.2. The minimum absolute atomic E-state index is 0.0127. The van der Waals surface area contributed by atoms with E-state index in [9.17, 15) is 12.8 Å². The Morgan fingerprint density at radius 1 is 1.42 bits per heavy atom. The first-order valence-corrected chi connectivity index (χ1v) is 6.77. The summed E-state index contributed by atoms with van der Waals surface area (Å²) in [6.07, 6.45) is 1.42. The number of hydrogen-bond acceptors (Lipinski definition) is 6. The van der Waals surface area contributed by atoms with E-state index in [4.69, 9.17) is 10.3 Å². The van der Waals surface area contributed by atoms with Gasteiger partial charge in [-0.05, 0) is 18.2 Å². The third kappa shape index (κ3) is 3.26. The molecule has 0 saturated heterocycles. The van der Waals surface area contributed by atoms with Crippen molar-refractivity contribution >= 4 is 15.7 Å². The van der Waals surface area contributed by atoms with E-state index < -0.39 is 20.7 Å². The maximum atomic E-state index is 13.5.